The first-order valence-corrected chi connectivity index (χ1v) is 5.69. The van der Waals surface area contributed by atoms with Crippen LogP contribution in [0.5, 0.6) is 0 Å². The first kappa shape index (κ1) is 13.1. The molecule has 0 aliphatic rings. The number of amides is 1. The van der Waals surface area contributed by atoms with Crippen molar-refractivity contribution < 1.29 is 14.7 Å². The Hall–Kier alpha value is -2.34. The van der Waals surface area contributed by atoms with E-state index in [1.165, 1.54) is 10.9 Å². The molecule has 0 fully saturated rings. The van der Waals surface area contributed by atoms with Crippen LogP contribution in [0.3, 0.4) is 0 Å². The van der Waals surface area contributed by atoms with Crippen molar-refractivity contribution in [2.45, 2.75) is 0 Å². The van der Waals surface area contributed by atoms with Gasteiger partial charge in [-0.2, -0.15) is 5.10 Å². The van der Waals surface area contributed by atoms with Gasteiger partial charge in [0.05, 0.1) is 5.56 Å². The summed E-state index contributed by atoms with van der Waals surface area (Å²) in [6, 6.07) is 6.57. The van der Waals surface area contributed by atoms with Gasteiger partial charge in [0.1, 0.15) is 0 Å². The summed E-state index contributed by atoms with van der Waals surface area (Å²) in [4.78, 5) is 23.0. The summed E-state index contributed by atoms with van der Waals surface area (Å²) in [7, 11) is 1.54. The van der Waals surface area contributed by atoms with Gasteiger partial charge >= 0.3 is 5.97 Å². The Morgan fingerprint density at radius 2 is 2.16 bits per heavy atom. The summed E-state index contributed by atoms with van der Waals surface area (Å²) in [5.41, 5.74) is 0.190. The number of halogens is 1. The van der Waals surface area contributed by atoms with Crippen LogP contribution >= 0.6 is 11.6 Å². The molecule has 0 aliphatic heterocycles. The molecule has 0 bridgehead atoms. The third-order valence-corrected chi connectivity index (χ3v) is 2.59. The molecule has 2 aromatic rings. The van der Waals surface area contributed by atoms with Crippen molar-refractivity contribution in [2.75, 3.05) is 5.32 Å². The highest BCUT2D eigenvalue weighted by atomic mass is 35.5. The molecule has 0 aliphatic carbocycles. The molecule has 0 saturated heterocycles. The fourth-order valence-corrected chi connectivity index (χ4v) is 1.77. The lowest BCUT2D eigenvalue weighted by atomic mass is 10.2. The Balaban J connectivity index is 2.28. The van der Waals surface area contributed by atoms with Gasteiger partial charge in [0.2, 0.25) is 0 Å². The number of benzene rings is 1. The molecular weight excluding hydrogens is 270 g/mol. The molecule has 7 heteroatoms. The topological polar surface area (TPSA) is 84.2 Å². The van der Waals surface area contributed by atoms with Gasteiger partial charge in [-0.1, -0.05) is 17.7 Å². The average Bonchev–Trinajstić information content (AvgIpc) is 2.71. The number of carbonyl (C=O) groups excluding carboxylic acids is 1. The quantitative estimate of drug-likeness (QED) is 0.900. The lowest BCUT2D eigenvalue weighted by Gasteiger charge is -2.04. The summed E-state index contributed by atoms with van der Waals surface area (Å²) in [6.07, 6.45) is 1.35. The van der Waals surface area contributed by atoms with Crippen LogP contribution in [0.4, 0.5) is 5.69 Å². The maximum atomic E-state index is 12.0. The number of hydrogen-bond donors (Lipinski definition) is 2. The maximum absolute atomic E-state index is 12.0. The van der Waals surface area contributed by atoms with Crippen LogP contribution in [0, 0.1) is 0 Å². The van der Waals surface area contributed by atoms with E-state index in [-0.39, 0.29) is 11.3 Å². The number of nitrogens with one attached hydrogen (secondary N) is 1. The number of anilines is 1. The van der Waals surface area contributed by atoms with Gasteiger partial charge in [0, 0.05) is 24.0 Å². The molecule has 2 N–H and O–H groups in total. The number of aryl methyl sites for hydroxylation is 1. The minimum absolute atomic E-state index is 0.00465. The second kappa shape index (κ2) is 5.11. The molecule has 0 unspecified atom stereocenters. The van der Waals surface area contributed by atoms with Crippen LogP contribution in [0.15, 0.2) is 30.5 Å². The molecule has 1 aromatic carbocycles. The molecule has 0 atom stereocenters. The summed E-state index contributed by atoms with van der Waals surface area (Å²) in [6.45, 7) is 0. The number of aromatic nitrogens is 2. The van der Waals surface area contributed by atoms with Gasteiger partial charge in [-0.05, 0) is 18.2 Å². The smallest absolute Gasteiger partial charge is 0.357 e. The fraction of sp³-hybridized carbons (Fsp3) is 0.0833. The number of rotatable bonds is 3. The van der Waals surface area contributed by atoms with E-state index in [9.17, 15) is 9.59 Å². The Labute approximate surface area is 113 Å². The van der Waals surface area contributed by atoms with Crippen molar-refractivity contribution in [3.05, 3.63) is 46.7 Å². The fourth-order valence-electron chi connectivity index (χ4n) is 1.58. The van der Waals surface area contributed by atoms with Crippen LogP contribution in [0.2, 0.25) is 5.02 Å². The molecule has 0 spiro atoms. The number of aromatic carboxylic acids is 1. The van der Waals surface area contributed by atoms with Crippen LogP contribution in [-0.2, 0) is 7.05 Å². The van der Waals surface area contributed by atoms with E-state index in [1.54, 1.807) is 31.3 Å². The van der Waals surface area contributed by atoms with E-state index in [0.717, 1.165) is 0 Å². The van der Waals surface area contributed by atoms with Crippen molar-refractivity contribution in [3.63, 3.8) is 0 Å². The Kier molecular flexibility index (Phi) is 3.52. The molecule has 19 heavy (non-hydrogen) atoms. The number of carbonyl (C=O) groups is 2. The summed E-state index contributed by atoms with van der Waals surface area (Å²) in [5.74, 6) is -1.80. The molecule has 1 heterocycles. The second-order valence-corrected chi connectivity index (χ2v) is 4.27. The molecule has 0 radical (unpaired) electrons. The van der Waals surface area contributed by atoms with Crippen LogP contribution < -0.4 is 5.32 Å². The number of hydrogen-bond acceptors (Lipinski definition) is 3. The van der Waals surface area contributed by atoms with Crippen LogP contribution in [-0.4, -0.2) is 26.8 Å². The van der Waals surface area contributed by atoms with E-state index >= 15 is 0 Å². The molecule has 6 nitrogen and oxygen atoms in total. The number of nitrogens with zero attached hydrogens (tertiary/aromatic N) is 2. The summed E-state index contributed by atoms with van der Waals surface area (Å²) >= 11 is 5.80. The van der Waals surface area contributed by atoms with Crippen molar-refractivity contribution in [1.29, 1.82) is 0 Å². The Bertz CT molecular complexity index is 651. The molecule has 1 amide bonds. The molecule has 2 rings (SSSR count). The van der Waals surface area contributed by atoms with Gasteiger partial charge in [-0.25, -0.2) is 4.79 Å². The molecular formula is C12H10ClN3O3. The lowest BCUT2D eigenvalue weighted by Crippen LogP contribution is -2.15. The van der Waals surface area contributed by atoms with Crippen molar-refractivity contribution in [2.24, 2.45) is 7.05 Å². The zero-order valence-corrected chi connectivity index (χ0v) is 10.7. The van der Waals surface area contributed by atoms with E-state index in [2.05, 4.69) is 10.4 Å². The minimum atomic E-state index is -1.25. The zero-order valence-electron chi connectivity index (χ0n) is 9.92. The monoisotopic (exact) mass is 279 g/mol. The van der Waals surface area contributed by atoms with Gasteiger partial charge in [-0.15, -0.1) is 0 Å². The highest BCUT2D eigenvalue weighted by molar-refractivity contribution is 6.31. The van der Waals surface area contributed by atoms with E-state index in [4.69, 9.17) is 16.7 Å². The van der Waals surface area contributed by atoms with Crippen molar-refractivity contribution in [1.82, 2.24) is 9.78 Å². The second-order valence-electron chi connectivity index (χ2n) is 3.83. The van der Waals surface area contributed by atoms with E-state index in [1.807, 2.05) is 0 Å². The number of carboxylic acid groups (broad SMARTS) is 1. The summed E-state index contributed by atoms with van der Waals surface area (Å²) < 4.78 is 1.27. The lowest BCUT2D eigenvalue weighted by molar-refractivity contribution is 0.0685. The molecule has 98 valence electrons. The first-order valence-electron chi connectivity index (χ1n) is 5.31. The predicted molar refractivity (Wildman–Crippen MR) is 69.6 cm³/mol. The van der Waals surface area contributed by atoms with Crippen molar-refractivity contribution in [3.8, 4) is 0 Å². The normalized spacial score (nSPS) is 10.2. The molecule has 1 aromatic heterocycles. The highest BCUT2D eigenvalue weighted by Gasteiger charge is 2.20. The number of carboxylic acids is 1. The average molecular weight is 280 g/mol. The van der Waals surface area contributed by atoms with Gasteiger partial charge in [0.25, 0.3) is 5.91 Å². The van der Waals surface area contributed by atoms with Gasteiger partial charge in [0.15, 0.2) is 5.69 Å². The largest absolute Gasteiger partial charge is 0.476 e. The van der Waals surface area contributed by atoms with Crippen LogP contribution in [0.25, 0.3) is 0 Å². The maximum Gasteiger partial charge on any atom is 0.357 e. The zero-order chi connectivity index (χ0) is 14.0. The Morgan fingerprint density at radius 1 is 1.42 bits per heavy atom. The molecule has 0 saturated carbocycles. The van der Waals surface area contributed by atoms with E-state index < -0.39 is 11.9 Å². The van der Waals surface area contributed by atoms with Gasteiger partial charge < -0.3 is 10.4 Å². The summed E-state index contributed by atoms with van der Waals surface area (Å²) in [5, 5.41) is 15.7. The highest BCUT2D eigenvalue weighted by Crippen LogP contribution is 2.16. The Morgan fingerprint density at radius 3 is 2.79 bits per heavy atom. The minimum Gasteiger partial charge on any atom is -0.476 e. The van der Waals surface area contributed by atoms with E-state index in [0.29, 0.717) is 10.7 Å². The first-order chi connectivity index (χ1) is 8.97. The van der Waals surface area contributed by atoms with Gasteiger partial charge in [-0.3, -0.25) is 9.48 Å². The van der Waals surface area contributed by atoms with Crippen molar-refractivity contribution >= 4 is 29.2 Å². The third kappa shape index (κ3) is 2.92. The predicted octanol–water partition coefficient (Wildman–Crippen LogP) is 2.02. The standard InChI is InChI=1S/C12H10ClN3O3/c1-16-6-9(10(15-16)12(18)19)11(17)14-8-4-2-3-7(13)5-8/h2-6H,1H3,(H,14,17)(H,18,19). The SMILES string of the molecule is Cn1cc(C(=O)Nc2cccc(Cl)c2)c(C(=O)O)n1. The third-order valence-electron chi connectivity index (χ3n) is 2.36. The van der Waals surface area contributed by atoms with Crippen LogP contribution in [0.1, 0.15) is 20.8 Å².